The molecule has 2 aromatic carbocycles. The van der Waals surface area contributed by atoms with Crippen LogP contribution in [0.3, 0.4) is 0 Å². The van der Waals surface area contributed by atoms with Gasteiger partial charge in [0, 0.05) is 23.4 Å². The minimum absolute atomic E-state index is 0.0526. The third-order valence-electron chi connectivity index (χ3n) is 5.30. The molecule has 0 aliphatic heterocycles. The second-order valence-corrected chi connectivity index (χ2v) is 9.23. The molecule has 6 heteroatoms. The zero-order valence-corrected chi connectivity index (χ0v) is 20.4. The summed E-state index contributed by atoms with van der Waals surface area (Å²) >= 11 is 7.93. The Morgan fingerprint density at radius 1 is 1.06 bits per heavy atom. The highest BCUT2D eigenvalue weighted by Gasteiger charge is 2.29. The predicted molar refractivity (Wildman–Crippen MR) is 131 cm³/mol. The van der Waals surface area contributed by atoms with Crippen LogP contribution in [0.5, 0.6) is 0 Å². The minimum Gasteiger partial charge on any atom is -0.352 e. The van der Waals surface area contributed by atoms with Crippen molar-refractivity contribution < 1.29 is 9.59 Å². The standard InChI is InChI=1S/C25H33ClN2O2S/c1-5-19(4)27-25(30)23(6-2)28(15-21-9-7-8-10-22(21)26)24(29)17-31-16-20-13-11-18(3)12-14-20/h7-14,19,23H,5-6,15-17H2,1-4H3,(H,27,30)/t19-,23+/m0/s1. The van der Waals surface area contributed by atoms with Crippen LogP contribution < -0.4 is 5.32 Å². The molecule has 0 spiro atoms. The summed E-state index contributed by atoms with van der Waals surface area (Å²) in [7, 11) is 0. The average molecular weight is 461 g/mol. The van der Waals surface area contributed by atoms with E-state index in [1.807, 2.05) is 45.0 Å². The lowest BCUT2D eigenvalue weighted by Gasteiger charge is -2.31. The van der Waals surface area contributed by atoms with Crippen molar-refractivity contribution in [3.8, 4) is 0 Å². The smallest absolute Gasteiger partial charge is 0.243 e. The molecule has 0 saturated carbocycles. The fraction of sp³-hybridized carbons (Fsp3) is 0.440. The number of hydrogen-bond donors (Lipinski definition) is 1. The number of halogens is 1. The molecule has 1 N–H and O–H groups in total. The number of thioether (sulfide) groups is 1. The van der Waals surface area contributed by atoms with Crippen molar-refractivity contribution in [2.45, 2.75) is 64.9 Å². The van der Waals surface area contributed by atoms with E-state index in [-0.39, 0.29) is 17.9 Å². The van der Waals surface area contributed by atoms with Crippen LogP contribution in [0.25, 0.3) is 0 Å². The number of aryl methyl sites for hydroxylation is 1. The SMILES string of the molecule is CC[C@H](C(=O)N[C@@H](C)CC)N(Cc1ccccc1Cl)C(=O)CSCc1ccc(C)cc1. The molecule has 0 unspecified atom stereocenters. The third-order valence-corrected chi connectivity index (χ3v) is 6.66. The maximum Gasteiger partial charge on any atom is 0.243 e. The zero-order chi connectivity index (χ0) is 22.8. The van der Waals surface area contributed by atoms with Crippen LogP contribution in [0, 0.1) is 6.92 Å². The Morgan fingerprint density at radius 2 is 1.74 bits per heavy atom. The molecule has 2 atom stereocenters. The van der Waals surface area contributed by atoms with Gasteiger partial charge in [-0.3, -0.25) is 9.59 Å². The van der Waals surface area contributed by atoms with Gasteiger partial charge < -0.3 is 10.2 Å². The molecule has 31 heavy (non-hydrogen) atoms. The molecule has 2 rings (SSSR count). The van der Waals surface area contributed by atoms with Crippen LogP contribution in [0.4, 0.5) is 0 Å². The molecule has 0 bridgehead atoms. The van der Waals surface area contributed by atoms with Gasteiger partial charge in [0.1, 0.15) is 6.04 Å². The molecular weight excluding hydrogens is 428 g/mol. The molecule has 0 aromatic heterocycles. The quantitative estimate of drug-likeness (QED) is 0.474. The van der Waals surface area contributed by atoms with Gasteiger partial charge in [0.05, 0.1) is 5.75 Å². The number of carbonyl (C=O) groups excluding carboxylic acids is 2. The van der Waals surface area contributed by atoms with Crippen LogP contribution in [-0.4, -0.2) is 34.6 Å². The van der Waals surface area contributed by atoms with E-state index in [4.69, 9.17) is 11.6 Å². The van der Waals surface area contributed by atoms with Crippen molar-refractivity contribution in [2.75, 3.05) is 5.75 Å². The van der Waals surface area contributed by atoms with Crippen molar-refractivity contribution in [3.63, 3.8) is 0 Å². The molecular formula is C25H33ClN2O2S. The number of benzene rings is 2. The minimum atomic E-state index is -0.530. The maximum absolute atomic E-state index is 13.2. The molecule has 0 radical (unpaired) electrons. The number of nitrogens with zero attached hydrogens (tertiary/aromatic N) is 1. The molecule has 2 aromatic rings. The maximum atomic E-state index is 13.2. The average Bonchev–Trinajstić information content (AvgIpc) is 2.76. The van der Waals surface area contributed by atoms with Gasteiger partial charge in [0.25, 0.3) is 0 Å². The largest absolute Gasteiger partial charge is 0.352 e. The molecule has 2 amide bonds. The molecule has 0 aliphatic carbocycles. The van der Waals surface area contributed by atoms with Crippen LogP contribution in [0.2, 0.25) is 5.02 Å². The Morgan fingerprint density at radius 3 is 2.35 bits per heavy atom. The third kappa shape index (κ3) is 7.89. The summed E-state index contributed by atoms with van der Waals surface area (Å²) in [6, 6.07) is 15.3. The van der Waals surface area contributed by atoms with Gasteiger partial charge in [-0.25, -0.2) is 0 Å². The van der Waals surface area contributed by atoms with Crippen molar-refractivity contribution in [1.82, 2.24) is 10.2 Å². The molecule has 0 saturated heterocycles. The highest BCUT2D eigenvalue weighted by Crippen LogP contribution is 2.21. The summed E-state index contributed by atoms with van der Waals surface area (Å²) < 4.78 is 0. The summed E-state index contributed by atoms with van der Waals surface area (Å²) in [6.07, 6.45) is 1.38. The van der Waals surface area contributed by atoms with Gasteiger partial charge in [-0.15, -0.1) is 11.8 Å². The van der Waals surface area contributed by atoms with Crippen molar-refractivity contribution in [3.05, 3.63) is 70.2 Å². The van der Waals surface area contributed by atoms with Gasteiger partial charge in [0.2, 0.25) is 11.8 Å². The Balaban J connectivity index is 2.14. The topological polar surface area (TPSA) is 49.4 Å². The van der Waals surface area contributed by atoms with E-state index in [1.54, 1.807) is 16.7 Å². The lowest BCUT2D eigenvalue weighted by atomic mass is 10.1. The first-order valence-corrected chi connectivity index (χ1v) is 12.4. The molecule has 168 valence electrons. The number of nitrogens with one attached hydrogen (secondary N) is 1. The van der Waals surface area contributed by atoms with E-state index < -0.39 is 6.04 Å². The highest BCUT2D eigenvalue weighted by atomic mass is 35.5. The first kappa shape index (κ1) is 25.3. The molecule has 4 nitrogen and oxygen atoms in total. The Kier molecular flexibility index (Phi) is 10.4. The zero-order valence-electron chi connectivity index (χ0n) is 18.9. The van der Waals surface area contributed by atoms with Crippen LogP contribution in [0.1, 0.15) is 50.3 Å². The normalized spacial score (nSPS) is 12.8. The summed E-state index contributed by atoms with van der Waals surface area (Å²) in [5.41, 5.74) is 3.24. The van der Waals surface area contributed by atoms with E-state index in [1.165, 1.54) is 11.1 Å². The van der Waals surface area contributed by atoms with Crippen LogP contribution in [0.15, 0.2) is 48.5 Å². The summed E-state index contributed by atoms with van der Waals surface area (Å²) in [6.45, 7) is 8.31. The van der Waals surface area contributed by atoms with Crippen LogP contribution in [-0.2, 0) is 21.9 Å². The predicted octanol–water partition coefficient (Wildman–Crippen LogP) is 5.60. The molecule has 0 aliphatic rings. The fourth-order valence-corrected chi connectivity index (χ4v) is 4.26. The monoisotopic (exact) mass is 460 g/mol. The van der Waals surface area contributed by atoms with Crippen molar-refractivity contribution in [1.29, 1.82) is 0 Å². The number of carbonyl (C=O) groups is 2. The first-order valence-electron chi connectivity index (χ1n) is 10.8. The summed E-state index contributed by atoms with van der Waals surface area (Å²) in [5.74, 6) is 0.900. The van der Waals surface area contributed by atoms with E-state index in [0.717, 1.165) is 17.7 Å². The second kappa shape index (κ2) is 12.8. The second-order valence-electron chi connectivity index (χ2n) is 7.83. The van der Waals surface area contributed by atoms with Gasteiger partial charge in [0.15, 0.2) is 0 Å². The number of hydrogen-bond acceptors (Lipinski definition) is 3. The summed E-state index contributed by atoms with van der Waals surface area (Å²) in [5, 5.41) is 3.63. The lowest BCUT2D eigenvalue weighted by Crippen LogP contribution is -2.51. The Hall–Kier alpha value is -1.98. The first-order chi connectivity index (χ1) is 14.8. The van der Waals surface area contributed by atoms with Crippen LogP contribution >= 0.6 is 23.4 Å². The van der Waals surface area contributed by atoms with Crippen molar-refractivity contribution >= 4 is 35.2 Å². The lowest BCUT2D eigenvalue weighted by molar-refractivity contribution is -0.139. The Bertz CT molecular complexity index is 857. The van der Waals surface area contributed by atoms with Gasteiger partial charge in [-0.05, 0) is 43.9 Å². The summed E-state index contributed by atoms with van der Waals surface area (Å²) in [4.78, 5) is 27.9. The van der Waals surface area contributed by atoms with E-state index >= 15 is 0 Å². The van der Waals surface area contributed by atoms with Crippen molar-refractivity contribution in [2.24, 2.45) is 0 Å². The van der Waals surface area contributed by atoms with Gasteiger partial charge in [-0.2, -0.15) is 0 Å². The highest BCUT2D eigenvalue weighted by molar-refractivity contribution is 7.99. The van der Waals surface area contributed by atoms with E-state index in [9.17, 15) is 9.59 Å². The van der Waals surface area contributed by atoms with Gasteiger partial charge in [-0.1, -0.05) is 73.5 Å². The Labute approximate surface area is 195 Å². The van der Waals surface area contributed by atoms with E-state index in [0.29, 0.717) is 23.7 Å². The van der Waals surface area contributed by atoms with Gasteiger partial charge >= 0.3 is 0 Å². The van der Waals surface area contributed by atoms with E-state index in [2.05, 4.69) is 36.5 Å². The fourth-order valence-electron chi connectivity index (χ4n) is 3.19. The number of rotatable bonds is 11. The number of amides is 2. The molecule has 0 fully saturated rings. The molecule has 0 heterocycles.